The SMILES string of the molecule is COc1cc(OC)cc(C(=O)Nc2c(-c3ccc(Br)cc3)c(C)nn2C)c1. The molecule has 0 bridgehead atoms. The maximum Gasteiger partial charge on any atom is 0.257 e. The molecular formula is C20H20BrN3O3. The highest BCUT2D eigenvalue weighted by atomic mass is 79.9. The topological polar surface area (TPSA) is 65.4 Å². The number of rotatable bonds is 5. The molecule has 0 fully saturated rings. The van der Waals surface area contributed by atoms with E-state index in [2.05, 4.69) is 26.3 Å². The molecule has 0 atom stereocenters. The fourth-order valence-electron chi connectivity index (χ4n) is 2.88. The van der Waals surface area contributed by atoms with Crippen molar-refractivity contribution >= 4 is 27.7 Å². The van der Waals surface area contributed by atoms with Crippen LogP contribution in [0.2, 0.25) is 0 Å². The average molecular weight is 430 g/mol. The molecule has 6 nitrogen and oxygen atoms in total. The fourth-order valence-corrected chi connectivity index (χ4v) is 3.15. The summed E-state index contributed by atoms with van der Waals surface area (Å²) in [5, 5.41) is 7.44. The van der Waals surface area contributed by atoms with Crippen molar-refractivity contribution in [2.24, 2.45) is 7.05 Å². The van der Waals surface area contributed by atoms with Crippen molar-refractivity contribution in [1.29, 1.82) is 0 Å². The molecule has 1 heterocycles. The monoisotopic (exact) mass is 429 g/mol. The van der Waals surface area contributed by atoms with Gasteiger partial charge in [-0.15, -0.1) is 0 Å². The number of aryl methyl sites for hydroxylation is 2. The first-order chi connectivity index (χ1) is 12.9. The number of amides is 1. The second-order valence-electron chi connectivity index (χ2n) is 5.99. The highest BCUT2D eigenvalue weighted by Crippen LogP contribution is 2.32. The number of carbonyl (C=O) groups excluding carboxylic acids is 1. The summed E-state index contributed by atoms with van der Waals surface area (Å²) in [7, 11) is 4.90. The minimum atomic E-state index is -0.270. The highest BCUT2D eigenvalue weighted by Gasteiger charge is 2.19. The van der Waals surface area contributed by atoms with Crippen LogP contribution < -0.4 is 14.8 Å². The first kappa shape index (κ1) is 19.0. The largest absolute Gasteiger partial charge is 0.497 e. The van der Waals surface area contributed by atoms with Crippen LogP contribution in [0.4, 0.5) is 5.82 Å². The number of hydrogen-bond donors (Lipinski definition) is 1. The van der Waals surface area contributed by atoms with Crippen molar-refractivity contribution in [1.82, 2.24) is 9.78 Å². The number of carbonyl (C=O) groups is 1. The van der Waals surface area contributed by atoms with Crippen molar-refractivity contribution < 1.29 is 14.3 Å². The van der Waals surface area contributed by atoms with Crippen LogP contribution in [-0.2, 0) is 7.05 Å². The molecule has 0 aliphatic heterocycles. The first-order valence-corrected chi connectivity index (χ1v) is 9.06. The lowest BCUT2D eigenvalue weighted by atomic mass is 10.1. The van der Waals surface area contributed by atoms with Crippen LogP contribution in [0.15, 0.2) is 46.9 Å². The van der Waals surface area contributed by atoms with E-state index in [0.29, 0.717) is 22.9 Å². The molecule has 1 aromatic heterocycles. The fraction of sp³-hybridized carbons (Fsp3) is 0.200. The van der Waals surface area contributed by atoms with Gasteiger partial charge in [0.2, 0.25) is 0 Å². The molecule has 1 amide bonds. The van der Waals surface area contributed by atoms with Crippen molar-refractivity contribution in [3.8, 4) is 22.6 Å². The molecule has 140 valence electrons. The van der Waals surface area contributed by atoms with E-state index in [1.165, 1.54) is 0 Å². The molecule has 27 heavy (non-hydrogen) atoms. The predicted octanol–water partition coefficient (Wildman–Crippen LogP) is 4.43. The van der Waals surface area contributed by atoms with Gasteiger partial charge in [-0.05, 0) is 36.8 Å². The maximum atomic E-state index is 12.9. The van der Waals surface area contributed by atoms with Gasteiger partial charge in [-0.1, -0.05) is 28.1 Å². The van der Waals surface area contributed by atoms with Gasteiger partial charge in [0, 0.05) is 28.7 Å². The summed E-state index contributed by atoms with van der Waals surface area (Å²) in [6, 6.07) is 12.9. The van der Waals surface area contributed by atoms with Gasteiger partial charge in [0.15, 0.2) is 0 Å². The second kappa shape index (κ2) is 7.84. The quantitative estimate of drug-likeness (QED) is 0.651. The van der Waals surface area contributed by atoms with E-state index in [0.717, 1.165) is 21.3 Å². The van der Waals surface area contributed by atoms with Crippen LogP contribution in [0.3, 0.4) is 0 Å². The van der Waals surface area contributed by atoms with Crippen molar-refractivity contribution in [3.63, 3.8) is 0 Å². The van der Waals surface area contributed by atoms with Gasteiger partial charge in [-0.3, -0.25) is 9.48 Å². The molecule has 0 aliphatic rings. The Hall–Kier alpha value is -2.80. The summed E-state index contributed by atoms with van der Waals surface area (Å²) in [5.41, 5.74) is 3.13. The lowest BCUT2D eigenvalue weighted by Crippen LogP contribution is -2.15. The van der Waals surface area contributed by atoms with Gasteiger partial charge in [0.05, 0.1) is 19.9 Å². The van der Waals surface area contributed by atoms with E-state index in [9.17, 15) is 4.79 Å². The van der Waals surface area contributed by atoms with E-state index in [1.807, 2.05) is 31.2 Å². The summed E-state index contributed by atoms with van der Waals surface area (Å²) in [6.07, 6.45) is 0. The lowest BCUT2D eigenvalue weighted by molar-refractivity contribution is 0.102. The second-order valence-corrected chi connectivity index (χ2v) is 6.91. The van der Waals surface area contributed by atoms with Gasteiger partial charge in [0.1, 0.15) is 17.3 Å². The summed E-state index contributed by atoms with van der Waals surface area (Å²) in [4.78, 5) is 12.9. The zero-order chi connectivity index (χ0) is 19.6. The molecule has 3 aromatic rings. The third-order valence-corrected chi connectivity index (χ3v) is 4.73. The molecule has 3 rings (SSSR count). The average Bonchev–Trinajstić information content (AvgIpc) is 2.95. The van der Waals surface area contributed by atoms with Crippen molar-refractivity contribution in [2.45, 2.75) is 6.92 Å². The number of benzene rings is 2. The van der Waals surface area contributed by atoms with Crippen molar-refractivity contribution in [2.75, 3.05) is 19.5 Å². The number of ether oxygens (including phenoxy) is 2. The van der Waals surface area contributed by atoms with E-state index >= 15 is 0 Å². The summed E-state index contributed by atoms with van der Waals surface area (Å²) in [6.45, 7) is 1.92. The van der Waals surface area contributed by atoms with Crippen LogP contribution >= 0.6 is 15.9 Å². The molecule has 2 aromatic carbocycles. The number of anilines is 1. The summed E-state index contributed by atoms with van der Waals surface area (Å²) >= 11 is 3.44. The van der Waals surface area contributed by atoms with Gasteiger partial charge < -0.3 is 14.8 Å². The highest BCUT2D eigenvalue weighted by molar-refractivity contribution is 9.10. The van der Waals surface area contributed by atoms with Gasteiger partial charge in [-0.2, -0.15) is 5.10 Å². The minimum Gasteiger partial charge on any atom is -0.497 e. The molecule has 0 saturated carbocycles. The molecule has 0 unspecified atom stereocenters. The zero-order valence-electron chi connectivity index (χ0n) is 15.5. The molecule has 0 aliphatic carbocycles. The van der Waals surface area contributed by atoms with E-state index in [1.54, 1.807) is 44.1 Å². The summed E-state index contributed by atoms with van der Waals surface area (Å²) < 4.78 is 13.2. The third kappa shape index (κ3) is 3.98. The Morgan fingerprint density at radius 3 is 2.22 bits per heavy atom. The summed E-state index contributed by atoms with van der Waals surface area (Å²) in [5.74, 6) is 1.46. The number of nitrogens with one attached hydrogen (secondary N) is 1. The standard InChI is InChI=1S/C20H20BrN3O3/c1-12-18(13-5-7-15(21)8-6-13)19(24(2)23-12)22-20(25)14-9-16(26-3)11-17(10-14)27-4/h5-11H,1-4H3,(H,22,25). The number of nitrogens with zero attached hydrogens (tertiary/aromatic N) is 2. The van der Waals surface area contributed by atoms with Crippen LogP contribution in [0.25, 0.3) is 11.1 Å². The Morgan fingerprint density at radius 1 is 1.07 bits per heavy atom. The zero-order valence-corrected chi connectivity index (χ0v) is 17.1. The van der Waals surface area contributed by atoms with E-state index in [-0.39, 0.29) is 5.91 Å². The van der Waals surface area contributed by atoms with E-state index < -0.39 is 0 Å². The van der Waals surface area contributed by atoms with Crippen LogP contribution in [0.1, 0.15) is 16.1 Å². The molecule has 0 spiro atoms. The van der Waals surface area contributed by atoms with Crippen LogP contribution in [0, 0.1) is 6.92 Å². The Balaban J connectivity index is 1.99. The van der Waals surface area contributed by atoms with Gasteiger partial charge >= 0.3 is 0 Å². The molecule has 0 saturated heterocycles. The molecule has 0 radical (unpaired) electrons. The Bertz CT molecular complexity index is 959. The molecular weight excluding hydrogens is 410 g/mol. The maximum absolute atomic E-state index is 12.9. The van der Waals surface area contributed by atoms with Gasteiger partial charge in [-0.25, -0.2) is 0 Å². The Kier molecular flexibility index (Phi) is 5.51. The Morgan fingerprint density at radius 2 is 1.67 bits per heavy atom. The predicted molar refractivity (Wildman–Crippen MR) is 109 cm³/mol. The van der Waals surface area contributed by atoms with Crippen LogP contribution in [-0.4, -0.2) is 29.9 Å². The van der Waals surface area contributed by atoms with Crippen molar-refractivity contribution in [3.05, 3.63) is 58.2 Å². The van der Waals surface area contributed by atoms with Gasteiger partial charge in [0.25, 0.3) is 5.91 Å². The smallest absolute Gasteiger partial charge is 0.257 e. The van der Waals surface area contributed by atoms with E-state index in [4.69, 9.17) is 9.47 Å². The molecule has 7 heteroatoms. The number of methoxy groups -OCH3 is 2. The third-order valence-electron chi connectivity index (χ3n) is 4.20. The Labute approximate surface area is 166 Å². The normalized spacial score (nSPS) is 10.6. The number of hydrogen-bond acceptors (Lipinski definition) is 4. The molecule has 1 N–H and O–H groups in total. The number of halogens is 1. The van der Waals surface area contributed by atoms with Crippen LogP contribution in [0.5, 0.6) is 11.5 Å². The first-order valence-electron chi connectivity index (χ1n) is 8.27. The number of aromatic nitrogens is 2. The minimum absolute atomic E-state index is 0.270. The lowest BCUT2D eigenvalue weighted by Gasteiger charge is -2.11.